The third-order valence-electron chi connectivity index (χ3n) is 7.65. The molecule has 4 aromatic rings. The summed E-state index contributed by atoms with van der Waals surface area (Å²) in [5.41, 5.74) is 11.4. The molecule has 5 N–H and O–H groups in total. The van der Waals surface area contributed by atoms with Crippen LogP contribution in [0.15, 0.2) is 23.8 Å². The van der Waals surface area contributed by atoms with Crippen molar-refractivity contribution in [2.45, 2.75) is 49.1 Å². The van der Waals surface area contributed by atoms with Gasteiger partial charge in [0.15, 0.2) is 41.3 Å². The van der Waals surface area contributed by atoms with Crippen molar-refractivity contribution >= 4 is 68.2 Å². The van der Waals surface area contributed by atoms with Gasteiger partial charge in [0, 0.05) is 7.11 Å². The number of hydrogen-bond donors (Lipinski definition) is 4. The lowest BCUT2D eigenvalue weighted by atomic mass is 10.1. The zero-order valence-corrected chi connectivity index (χ0v) is 26.5. The van der Waals surface area contributed by atoms with E-state index in [-0.39, 0.29) is 34.1 Å². The second-order valence-corrected chi connectivity index (χ2v) is 15.5. The van der Waals surface area contributed by atoms with Crippen molar-refractivity contribution in [2.75, 3.05) is 31.8 Å². The van der Waals surface area contributed by atoms with Gasteiger partial charge < -0.3 is 34.7 Å². The lowest BCUT2D eigenvalue weighted by Gasteiger charge is -2.28. The van der Waals surface area contributed by atoms with Crippen LogP contribution in [-0.4, -0.2) is 104 Å². The smallest absolute Gasteiger partial charge is 0.382 e. The summed E-state index contributed by atoms with van der Waals surface area (Å²) in [6.07, 6.45) is -7.00. The maximum Gasteiger partial charge on any atom is 0.386 e. The molecule has 20 nitrogen and oxygen atoms in total. The van der Waals surface area contributed by atoms with Crippen LogP contribution in [-0.2, 0) is 41.4 Å². The van der Waals surface area contributed by atoms with Crippen LogP contribution in [0.4, 0.5) is 16.2 Å². The fourth-order valence-electron chi connectivity index (χ4n) is 5.64. The summed E-state index contributed by atoms with van der Waals surface area (Å²) in [5, 5.41) is 0. The van der Waals surface area contributed by atoms with Crippen LogP contribution in [0.2, 0.25) is 0 Å². The molecule has 0 saturated carbocycles. The minimum absolute atomic E-state index is 0.0359. The number of fused-ring (bicyclic) bond motifs is 5. The van der Waals surface area contributed by atoms with Gasteiger partial charge in [0.1, 0.15) is 42.4 Å². The molecule has 2 bridgehead atoms. The van der Waals surface area contributed by atoms with Gasteiger partial charge in [-0.05, 0) is 0 Å². The van der Waals surface area contributed by atoms with E-state index in [1.54, 1.807) is 0 Å². The molecular weight excluding hydrogens is 676 g/mol. The number of thiol groups is 1. The van der Waals surface area contributed by atoms with Gasteiger partial charge in [-0.2, -0.15) is 4.98 Å². The van der Waals surface area contributed by atoms with E-state index < -0.39 is 82.2 Å². The Balaban J connectivity index is 1.22. The highest BCUT2D eigenvalue weighted by molar-refractivity contribution is 8.44. The molecular formula is C21H26BFN10O10P2S. The number of hydrogen-bond acceptors (Lipinski definition) is 17. The quantitative estimate of drug-likeness (QED) is 0.123. The van der Waals surface area contributed by atoms with Crippen molar-refractivity contribution in [3.63, 3.8) is 0 Å². The first-order chi connectivity index (χ1) is 21.9. The Hall–Kier alpha value is -2.98. The number of aromatic amines is 1. The number of methoxy groups -OCH3 is 1. The average molecular weight is 702 g/mol. The molecule has 0 radical (unpaired) electrons. The third kappa shape index (κ3) is 5.53. The molecule has 0 aliphatic carbocycles. The van der Waals surface area contributed by atoms with E-state index in [9.17, 15) is 13.9 Å². The molecule has 3 saturated heterocycles. The van der Waals surface area contributed by atoms with Crippen molar-refractivity contribution in [2.24, 2.45) is 0 Å². The summed E-state index contributed by atoms with van der Waals surface area (Å²) >= 11 is 4.08. The number of alkyl halides is 1. The van der Waals surface area contributed by atoms with Crippen LogP contribution >= 0.6 is 26.5 Å². The molecule has 246 valence electrons. The molecule has 46 heavy (non-hydrogen) atoms. The number of H-pyrrole nitrogens is 1. The van der Waals surface area contributed by atoms with E-state index in [0.717, 1.165) is 0 Å². The van der Waals surface area contributed by atoms with Crippen molar-refractivity contribution in [1.82, 2.24) is 39.0 Å². The molecule has 0 amide bonds. The number of nitrogens with one attached hydrogen (secondary N) is 1. The number of nitrogen functional groups attached to an aromatic ring is 2. The summed E-state index contributed by atoms with van der Waals surface area (Å²) in [6.45, 7) is -5.35. The van der Waals surface area contributed by atoms with E-state index in [1.165, 1.54) is 42.8 Å². The van der Waals surface area contributed by atoms with E-state index in [4.69, 9.17) is 43.8 Å². The van der Waals surface area contributed by atoms with E-state index in [1.807, 2.05) is 0 Å². The van der Waals surface area contributed by atoms with Crippen LogP contribution in [0.1, 0.15) is 12.5 Å². The molecule has 0 spiro atoms. The Morgan fingerprint density at radius 3 is 2.46 bits per heavy atom. The van der Waals surface area contributed by atoms with E-state index >= 15 is 4.39 Å². The maximum absolute atomic E-state index is 16.1. The Kier molecular flexibility index (Phi) is 7.99. The maximum atomic E-state index is 16.1. The number of rotatable bonds is 3. The molecule has 3 aliphatic heterocycles. The standard InChI is InChI=1S/C21H26BFN10O10P2S/c1-37-13-8-3-39-45(36,46)43-12-7(40-19(9(12)23)32-5-28-10-15(24)26-4-27-16(10)32)2-38-44(22,35)42-14(13)20(41-8)33-6-29-11-17(33)30-21(25)31-18(11)34/h4-9,12-14,19-20H,2-3,22H2,1H3,(H,36,46)(H2,24,26,27)(H3,25,30,31,34)/t7?,8?,9?,12?,13?,14?,19?,20?,44-,45-/m1/s1. The highest BCUT2D eigenvalue weighted by Crippen LogP contribution is 2.58. The summed E-state index contributed by atoms with van der Waals surface area (Å²) in [7, 11) is -1.51. The van der Waals surface area contributed by atoms with Crippen molar-refractivity contribution in [1.29, 1.82) is 0 Å². The minimum Gasteiger partial charge on any atom is -0.382 e. The van der Waals surface area contributed by atoms with Gasteiger partial charge in [-0.25, -0.2) is 28.9 Å². The van der Waals surface area contributed by atoms with Crippen LogP contribution < -0.4 is 17.0 Å². The Morgan fingerprint density at radius 2 is 1.70 bits per heavy atom. The van der Waals surface area contributed by atoms with Gasteiger partial charge in [0.2, 0.25) is 5.95 Å². The average Bonchev–Trinajstić information content (AvgIpc) is 3.75. The second-order valence-electron chi connectivity index (χ2n) is 10.6. The highest BCUT2D eigenvalue weighted by atomic mass is 32.7. The largest absolute Gasteiger partial charge is 0.386 e. The first kappa shape index (κ1) is 31.6. The molecule has 3 fully saturated rings. The van der Waals surface area contributed by atoms with Gasteiger partial charge in [-0.3, -0.25) is 32.5 Å². The van der Waals surface area contributed by atoms with Crippen LogP contribution in [0, 0.1) is 0 Å². The van der Waals surface area contributed by atoms with Crippen LogP contribution in [0.3, 0.4) is 0 Å². The highest BCUT2D eigenvalue weighted by Gasteiger charge is 2.54. The SMILES string of the molecule is B[P@@]1(=O)OCC2OC(n3cnc4c(N)ncnc43)C(F)C2O[P@](=O)(S)OCC2OC(n3cnc4c(=O)[nH]c(N)nc43)C(O1)C2OC. The molecule has 7 heterocycles. The van der Waals surface area contributed by atoms with Crippen molar-refractivity contribution in [3.05, 3.63) is 29.3 Å². The fraction of sp³-hybridized carbons (Fsp3) is 0.524. The van der Waals surface area contributed by atoms with Gasteiger partial charge in [0.25, 0.3) is 20.6 Å². The van der Waals surface area contributed by atoms with E-state index in [2.05, 4.69) is 42.2 Å². The van der Waals surface area contributed by atoms with E-state index in [0.29, 0.717) is 0 Å². The lowest BCUT2D eigenvalue weighted by Crippen LogP contribution is -2.37. The summed E-state index contributed by atoms with van der Waals surface area (Å²) in [6, 6.07) is 0. The van der Waals surface area contributed by atoms with Gasteiger partial charge in [-0.15, -0.1) is 0 Å². The molecule has 3 aliphatic rings. The molecule has 4 aromatic heterocycles. The third-order valence-corrected chi connectivity index (χ3v) is 10.5. The number of anilines is 2. The zero-order valence-electron chi connectivity index (χ0n) is 23.9. The molecule has 10 atom stereocenters. The number of halogens is 1. The summed E-state index contributed by atoms with van der Waals surface area (Å²) < 4.78 is 86.6. The van der Waals surface area contributed by atoms with Crippen molar-refractivity contribution < 1.29 is 45.8 Å². The van der Waals surface area contributed by atoms with Crippen LogP contribution in [0.5, 0.6) is 0 Å². The normalized spacial score (nSPS) is 37.1. The van der Waals surface area contributed by atoms with Gasteiger partial charge in [-0.1, -0.05) is 12.2 Å². The van der Waals surface area contributed by atoms with Gasteiger partial charge in [0.05, 0.1) is 25.9 Å². The van der Waals surface area contributed by atoms with Gasteiger partial charge >= 0.3 is 6.80 Å². The molecule has 8 unspecified atom stereocenters. The Labute approximate surface area is 263 Å². The summed E-state index contributed by atoms with van der Waals surface area (Å²) in [5.74, 6) is -0.122. The minimum atomic E-state index is -4.34. The molecule has 0 aromatic carbocycles. The Bertz CT molecular complexity index is 1970. The molecule has 25 heteroatoms. The number of ether oxygens (including phenoxy) is 3. The first-order valence-electron chi connectivity index (χ1n) is 13.5. The van der Waals surface area contributed by atoms with Crippen LogP contribution in [0.25, 0.3) is 22.3 Å². The topological polar surface area (TPSA) is 258 Å². The summed E-state index contributed by atoms with van der Waals surface area (Å²) in [4.78, 5) is 35.1. The number of imidazole rings is 2. The number of nitrogens with two attached hydrogens (primary N) is 2. The predicted molar refractivity (Wildman–Crippen MR) is 160 cm³/mol. The number of aromatic nitrogens is 8. The van der Waals surface area contributed by atoms with Crippen molar-refractivity contribution in [3.8, 4) is 0 Å². The first-order valence-corrected chi connectivity index (χ1v) is 18.2. The lowest BCUT2D eigenvalue weighted by molar-refractivity contribution is -0.0577. The predicted octanol–water partition coefficient (Wildman–Crippen LogP) is -0.132. The molecule has 7 rings (SSSR count). The second kappa shape index (κ2) is 11.6. The zero-order chi connectivity index (χ0) is 32.5. The Morgan fingerprint density at radius 1 is 1.00 bits per heavy atom. The number of nitrogens with zero attached hydrogens (tertiary/aromatic N) is 7. The fourth-order valence-corrected chi connectivity index (χ4v) is 8.27. The monoisotopic (exact) mass is 702 g/mol.